The summed E-state index contributed by atoms with van der Waals surface area (Å²) in [6.45, 7) is 6.81. The van der Waals surface area contributed by atoms with Crippen LogP contribution in [0.3, 0.4) is 0 Å². The minimum atomic E-state index is -0.571. The van der Waals surface area contributed by atoms with Crippen LogP contribution in [0.1, 0.15) is 29.1 Å². The van der Waals surface area contributed by atoms with E-state index in [0.717, 1.165) is 6.07 Å². The van der Waals surface area contributed by atoms with Crippen molar-refractivity contribution in [2.75, 3.05) is 5.32 Å². The molecule has 106 valence electrons. The zero-order chi connectivity index (χ0) is 14.6. The fourth-order valence-corrected chi connectivity index (χ4v) is 1.17. The minimum Gasteiger partial charge on any atom is -0.426 e. The van der Waals surface area contributed by atoms with Crippen molar-refractivity contribution < 1.29 is 20.1 Å². The topological polar surface area (TPSA) is 55.4 Å². The maximum absolute atomic E-state index is 13.5. The van der Waals surface area contributed by atoms with Crippen LogP contribution in [0.2, 0.25) is 0 Å². The highest BCUT2D eigenvalue weighted by atomic mass is 19.1. The summed E-state index contributed by atoms with van der Waals surface area (Å²) in [5.41, 5.74) is 0.00718. The molecule has 0 fully saturated rings. The van der Waals surface area contributed by atoms with Gasteiger partial charge in [0.25, 0.3) is 0 Å². The molecule has 5 heteroatoms. The molecule has 0 radical (unpaired) electrons. The predicted octanol–water partition coefficient (Wildman–Crippen LogP) is 3.23. The Labute approximate surface area is 113 Å². The average molecular weight is 269 g/mol. The van der Waals surface area contributed by atoms with Crippen LogP contribution in [-0.4, -0.2) is 11.9 Å². The van der Waals surface area contributed by atoms with Crippen LogP contribution in [0.4, 0.5) is 10.1 Å². The molecule has 0 aliphatic heterocycles. The number of carbonyl (C=O) groups is 2. The monoisotopic (exact) mass is 269 g/mol. The number of hydrogen-bond acceptors (Lipinski definition) is 3. The second kappa shape index (κ2) is 6.31. The summed E-state index contributed by atoms with van der Waals surface area (Å²) in [6, 6.07) is 3.80. The first-order valence-corrected chi connectivity index (χ1v) is 6.13. The van der Waals surface area contributed by atoms with E-state index in [2.05, 4.69) is 5.32 Å². The van der Waals surface area contributed by atoms with Crippen molar-refractivity contribution in [3.05, 3.63) is 24.0 Å². The van der Waals surface area contributed by atoms with E-state index in [0.29, 0.717) is 0 Å². The average Bonchev–Trinajstić information content (AvgIpc) is 2.32. The summed E-state index contributed by atoms with van der Waals surface area (Å²) in [7, 11) is 0. The van der Waals surface area contributed by atoms with Crippen LogP contribution in [0, 0.1) is 17.7 Å². The van der Waals surface area contributed by atoms with Crippen LogP contribution in [-0.2, 0) is 9.59 Å². The molecule has 0 spiro atoms. The maximum atomic E-state index is 13.5. The molecule has 0 unspecified atom stereocenters. The zero-order valence-electron chi connectivity index (χ0n) is 11.5. The Bertz CT molecular complexity index is 489. The van der Waals surface area contributed by atoms with Crippen LogP contribution < -0.4 is 10.1 Å². The standard InChI is InChI=1S/C14H18FNO3.H2/c1-8(2)13(17)16-12-7-10(5-6-11(12)15)19-14(18)9(3)4;/h5-9H,1-4H3,(H,16,17);1H. The van der Waals surface area contributed by atoms with Crippen LogP contribution in [0.15, 0.2) is 18.2 Å². The Hall–Kier alpha value is -1.91. The molecular formula is C14H20FNO3. The number of halogens is 1. The van der Waals surface area contributed by atoms with Crippen molar-refractivity contribution >= 4 is 17.6 Å². The lowest BCUT2D eigenvalue weighted by Gasteiger charge is -2.11. The third kappa shape index (κ3) is 4.35. The Balaban J connectivity index is 0.00000361. The van der Waals surface area contributed by atoms with Crippen molar-refractivity contribution in [3.8, 4) is 5.75 Å². The molecule has 0 atom stereocenters. The van der Waals surface area contributed by atoms with E-state index in [4.69, 9.17) is 4.74 Å². The van der Waals surface area contributed by atoms with Gasteiger partial charge in [-0.3, -0.25) is 9.59 Å². The zero-order valence-corrected chi connectivity index (χ0v) is 11.5. The highest BCUT2D eigenvalue weighted by Crippen LogP contribution is 2.22. The number of ether oxygens (including phenoxy) is 1. The minimum absolute atomic E-state index is 0. The molecule has 1 N–H and O–H groups in total. The first kappa shape index (κ1) is 15.1. The van der Waals surface area contributed by atoms with Gasteiger partial charge in [-0.25, -0.2) is 4.39 Å². The van der Waals surface area contributed by atoms with Crippen LogP contribution in [0.25, 0.3) is 0 Å². The summed E-state index contributed by atoms with van der Waals surface area (Å²) in [6.07, 6.45) is 0. The predicted molar refractivity (Wildman–Crippen MR) is 72.5 cm³/mol. The number of benzene rings is 1. The summed E-state index contributed by atoms with van der Waals surface area (Å²) >= 11 is 0. The van der Waals surface area contributed by atoms with Gasteiger partial charge in [0.2, 0.25) is 5.91 Å². The van der Waals surface area contributed by atoms with Crippen LogP contribution in [0.5, 0.6) is 5.75 Å². The first-order chi connectivity index (χ1) is 8.81. The second-order valence-corrected chi connectivity index (χ2v) is 4.86. The highest BCUT2D eigenvalue weighted by molar-refractivity contribution is 5.92. The largest absolute Gasteiger partial charge is 0.426 e. The maximum Gasteiger partial charge on any atom is 0.313 e. The fourth-order valence-electron chi connectivity index (χ4n) is 1.17. The van der Waals surface area contributed by atoms with Gasteiger partial charge < -0.3 is 10.1 Å². The summed E-state index contributed by atoms with van der Waals surface area (Å²) < 4.78 is 18.6. The lowest BCUT2D eigenvalue weighted by Crippen LogP contribution is -2.19. The van der Waals surface area contributed by atoms with Crippen molar-refractivity contribution in [2.45, 2.75) is 27.7 Å². The van der Waals surface area contributed by atoms with E-state index >= 15 is 0 Å². The molecule has 4 nitrogen and oxygen atoms in total. The number of anilines is 1. The van der Waals surface area contributed by atoms with Gasteiger partial charge in [-0.2, -0.15) is 0 Å². The third-order valence-corrected chi connectivity index (χ3v) is 2.41. The molecule has 0 bridgehead atoms. The Kier molecular flexibility index (Phi) is 5.03. The molecule has 1 aromatic rings. The quantitative estimate of drug-likeness (QED) is 0.674. The van der Waals surface area contributed by atoms with Gasteiger partial charge >= 0.3 is 5.97 Å². The van der Waals surface area contributed by atoms with Crippen LogP contribution >= 0.6 is 0 Å². The van der Waals surface area contributed by atoms with Gasteiger partial charge in [0.05, 0.1) is 11.6 Å². The summed E-state index contributed by atoms with van der Waals surface area (Å²) in [5.74, 6) is -1.61. The number of amides is 1. The lowest BCUT2D eigenvalue weighted by molar-refractivity contribution is -0.137. The van der Waals surface area contributed by atoms with Gasteiger partial charge in [0.15, 0.2) is 0 Å². The molecule has 1 amide bonds. The molecule has 1 aromatic carbocycles. The smallest absolute Gasteiger partial charge is 0.313 e. The molecule has 0 saturated carbocycles. The molecular weight excluding hydrogens is 249 g/mol. The molecule has 0 saturated heterocycles. The van der Waals surface area contributed by atoms with Gasteiger partial charge in [-0.05, 0) is 12.1 Å². The van der Waals surface area contributed by atoms with Crippen molar-refractivity contribution in [2.24, 2.45) is 11.8 Å². The van der Waals surface area contributed by atoms with E-state index in [1.165, 1.54) is 12.1 Å². The number of carbonyl (C=O) groups excluding carboxylic acids is 2. The van der Waals surface area contributed by atoms with Gasteiger partial charge in [-0.1, -0.05) is 27.7 Å². The van der Waals surface area contributed by atoms with E-state index in [-0.39, 0.29) is 30.6 Å². The number of nitrogens with one attached hydrogen (secondary N) is 1. The van der Waals surface area contributed by atoms with Gasteiger partial charge in [0, 0.05) is 13.4 Å². The Morgan fingerprint density at radius 2 is 1.84 bits per heavy atom. The summed E-state index contributed by atoms with van der Waals surface area (Å²) in [4.78, 5) is 23.0. The fraction of sp³-hybridized carbons (Fsp3) is 0.429. The SMILES string of the molecule is CC(C)C(=O)Nc1cc(OC(=O)C(C)C)ccc1F.[HH]. The lowest BCUT2D eigenvalue weighted by atomic mass is 10.2. The second-order valence-electron chi connectivity index (χ2n) is 4.86. The van der Waals surface area contributed by atoms with Crippen molar-refractivity contribution in [1.82, 2.24) is 0 Å². The van der Waals surface area contributed by atoms with E-state index in [1.807, 2.05) is 0 Å². The molecule has 1 rings (SSSR count). The molecule has 0 aliphatic rings. The Morgan fingerprint density at radius 3 is 2.37 bits per heavy atom. The first-order valence-electron chi connectivity index (χ1n) is 6.13. The van der Waals surface area contributed by atoms with E-state index in [1.54, 1.807) is 27.7 Å². The number of rotatable bonds is 4. The number of esters is 1. The van der Waals surface area contributed by atoms with E-state index < -0.39 is 11.8 Å². The van der Waals surface area contributed by atoms with E-state index in [9.17, 15) is 14.0 Å². The summed E-state index contributed by atoms with van der Waals surface area (Å²) in [5, 5.41) is 2.45. The third-order valence-electron chi connectivity index (χ3n) is 2.41. The number of hydrogen-bond donors (Lipinski definition) is 1. The highest BCUT2D eigenvalue weighted by Gasteiger charge is 2.14. The molecule has 19 heavy (non-hydrogen) atoms. The molecule has 0 heterocycles. The van der Waals surface area contributed by atoms with Crippen molar-refractivity contribution in [3.63, 3.8) is 0 Å². The van der Waals surface area contributed by atoms with Crippen molar-refractivity contribution in [1.29, 1.82) is 0 Å². The normalized spacial score (nSPS) is 10.7. The van der Waals surface area contributed by atoms with Gasteiger partial charge in [-0.15, -0.1) is 0 Å². The molecule has 0 aromatic heterocycles. The van der Waals surface area contributed by atoms with Gasteiger partial charge in [0.1, 0.15) is 11.6 Å². The molecule has 0 aliphatic carbocycles. The Morgan fingerprint density at radius 1 is 1.21 bits per heavy atom.